The lowest BCUT2D eigenvalue weighted by Crippen LogP contribution is -1.96. The molecule has 17 heavy (non-hydrogen) atoms. The highest BCUT2D eigenvalue weighted by molar-refractivity contribution is 8.09. The second-order valence-corrected chi connectivity index (χ2v) is 7.43. The summed E-state index contributed by atoms with van der Waals surface area (Å²) in [5, 5.41) is 5.84. The normalized spacial score (nSPS) is 11.5. The quantitative estimate of drug-likeness (QED) is 0.413. The van der Waals surface area contributed by atoms with Crippen molar-refractivity contribution in [1.82, 2.24) is 0 Å². The highest BCUT2D eigenvalue weighted by atomic mass is 35.9. The summed E-state index contributed by atoms with van der Waals surface area (Å²) < 4.78 is 0. The van der Waals surface area contributed by atoms with Gasteiger partial charge in [-0.05, 0) is 33.7 Å². The Labute approximate surface area is 110 Å². The SMILES string of the molecule is ClP(Cl)c1cccc2cc3ccccc3cc12. The topological polar surface area (TPSA) is 0 Å². The highest BCUT2D eigenvalue weighted by Gasteiger charge is 2.08. The summed E-state index contributed by atoms with van der Waals surface area (Å²) in [5.41, 5.74) is 0. The minimum absolute atomic E-state index is 1.03. The van der Waals surface area contributed by atoms with Crippen LogP contribution in [-0.4, -0.2) is 0 Å². The van der Waals surface area contributed by atoms with E-state index >= 15 is 0 Å². The largest absolute Gasteiger partial charge is 0.117 e. The van der Waals surface area contributed by atoms with Gasteiger partial charge in [0.05, 0.1) is 0 Å². The number of hydrogen-bond acceptors (Lipinski definition) is 0. The molecule has 0 heterocycles. The van der Waals surface area contributed by atoms with Crippen molar-refractivity contribution in [3.8, 4) is 0 Å². The molecule has 0 bridgehead atoms. The minimum atomic E-state index is -1.11. The number of hydrogen-bond donors (Lipinski definition) is 0. The van der Waals surface area contributed by atoms with Crippen LogP contribution in [0.25, 0.3) is 21.5 Å². The smallest absolute Gasteiger partial charge is 0.0727 e. The molecule has 0 spiro atoms. The first-order valence-electron chi connectivity index (χ1n) is 5.29. The van der Waals surface area contributed by atoms with Gasteiger partial charge in [-0.25, -0.2) is 0 Å². The summed E-state index contributed by atoms with van der Waals surface area (Å²) in [6.45, 7) is -1.11. The van der Waals surface area contributed by atoms with Crippen LogP contribution < -0.4 is 5.30 Å². The van der Waals surface area contributed by atoms with Gasteiger partial charge in [-0.2, -0.15) is 0 Å². The second kappa shape index (κ2) is 4.46. The van der Waals surface area contributed by atoms with E-state index < -0.39 is 6.63 Å². The van der Waals surface area contributed by atoms with Crippen LogP contribution in [0.4, 0.5) is 0 Å². The van der Waals surface area contributed by atoms with Crippen molar-refractivity contribution >= 4 is 56.0 Å². The van der Waals surface area contributed by atoms with Crippen LogP contribution in [0.5, 0.6) is 0 Å². The molecule has 0 amide bonds. The van der Waals surface area contributed by atoms with E-state index in [2.05, 4.69) is 30.3 Å². The van der Waals surface area contributed by atoms with Gasteiger partial charge in [-0.1, -0.05) is 64.9 Å². The van der Waals surface area contributed by atoms with E-state index in [1.54, 1.807) is 0 Å². The van der Waals surface area contributed by atoms with Gasteiger partial charge >= 0.3 is 0 Å². The molecule has 3 aromatic rings. The molecule has 0 N–H and O–H groups in total. The molecule has 0 aliphatic heterocycles. The molecule has 84 valence electrons. The van der Waals surface area contributed by atoms with Crippen LogP contribution in [0.3, 0.4) is 0 Å². The number of rotatable bonds is 1. The summed E-state index contributed by atoms with van der Waals surface area (Å²) in [6, 6.07) is 18.8. The summed E-state index contributed by atoms with van der Waals surface area (Å²) in [4.78, 5) is 0. The van der Waals surface area contributed by atoms with Gasteiger partial charge in [0.2, 0.25) is 0 Å². The van der Waals surface area contributed by atoms with Gasteiger partial charge in [0.15, 0.2) is 0 Å². The first-order valence-corrected chi connectivity index (χ1v) is 8.44. The van der Waals surface area contributed by atoms with Gasteiger partial charge < -0.3 is 0 Å². The Morgan fingerprint density at radius 1 is 0.706 bits per heavy atom. The van der Waals surface area contributed by atoms with Gasteiger partial charge in [0.1, 0.15) is 6.63 Å². The van der Waals surface area contributed by atoms with E-state index in [1.807, 2.05) is 24.3 Å². The molecule has 0 radical (unpaired) electrons. The Hall–Kier alpha value is -0.810. The molecule has 3 rings (SSSR count). The lowest BCUT2D eigenvalue weighted by molar-refractivity contribution is 1.79. The van der Waals surface area contributed by atoms with E-state index in [0.717, 1.165) is 10.7 Å². The minimum Gasteiger partial charge on any atom is -0.0727 e. The van der Waals surface area contributed by atoms with Gasteiger partial charge in [0, 0.05) is 5.30 Å². The van der Waals surface area contributed by atoms with E-state index in [4.69, 9.17) is 22.5 Å². The molecule has 0 saturated heterocycles. The zero-order chi connectivity index (χ0) is 11.8. The summed E-state index contributed by atoms with van der Waals surface area (Å²) in [5.74, 6) is 0. The zero-order valence-corrected chi connectivity index (χ0v) is 11.3. The summed E-state index contributed by atoms with van der Waals surface area (Å²) in [7, 11) is 0. The molecule has 0 saturated carbocycles. The maximum atomic E-state index is 6.06. The van der Waals surface area contributed by atoms with Crippen molar-refractivity contribution < 1.29 is 0 Å². The van der Waals surface area contributed by atoms with Crippen LogP contribution in [0.15, 0.2) is 54.6 Å². The Morgan fingerprint density at radius 2 is 1.35 bits per heavy atom. The number of benzene rings is 3. The second-order valence-electron chi connectivity index (χ2n) is 3.93. The van der Waals surface area contributed by atoms with Crippen LogP contribution in [0.2, 0.25) is 0 Å². The molecule has 3 aromatic carbocycles. The third-order valence-corrected chi connectivity index (χ3v) is 4.75. The van der Waals surface area contributed by atoms with Gasteiger partial charge in [0.25, 0.3) is 0 Å². The molecule has 0 aliphatic carbocycles. The predicted octanol–water partition coefficient (Wildman–Crippen LogP) is 5.41. The molecule has 0 nitrogen and oxygen atoms in total. The van der Waals surface area contributed by atoms with Gasteiger partial charge in [-0.3, -0.25) is 0 Å². The fourth-order valence-corrected chi connectivity index (χ4v) is 3.56. The Kier molecular flexibility index (Phi) is 2.96. The maximum absolute atomic E-state index is 6.06. The molecule has 0 aromatic heterocycles. The first kappa shape index (κ1) is 11.3. The summed E-state index contributed by atoms with van der Waals surface area (Å²) >= 11 is 12.1. The average molecular weight is 279 g/mol. The van der Waals surface area contributed by atoms with Crippen molar-refractivity contribution in [2.24, 2.45) is 0 Å². The standard InChI is InChI=1S/C14H9Cl2P/c15-17(16)14-7-3-6-12-8-10-4-1-2-5-11(10)9-13(12)14/h1-9H. The molecule has 0 fully saturated rings. The highest BCUT2D eigenvalue weighted by Crippen LogP contribution is 2.47. The molecule has 0 unspecified atom stereocenters. The fourth-order valence-electron chi connectivity index (χ4n) is 2.10. The lowest BCUT2D eigenvalue weighted by atomic mass is 10.0. The third kappa shape index (κ3) is 2.02. The van der Waals surface area contributed by atoms with E-state index in [1.165, 1.54) is 16.2 Å². The number of halogens is 2. The van der Waals surface area contributed by atoms with Crippen LogP contribution in [0.1, 0.15) is 0 Å². The molecule has 3 heteroatoms. The van der Waals surface area contributed by atoms with E-state index in [0.29, 0.717) is 0 Å². The van der Waals surface area contributed by atoms with E-state index in [-0.39, 0.29) is 0 Å². The first-order chi connectivity index (χ1) is 8.25. The Morgan fingerprint density at radius 3 is 2.06 bits per heavy atom. The molecular formula is C14H9Cl2P. The van der Waals surface area contributed by atoms with Crippen molar-refractivity contribution in [1.29, 1.82) is 0 Å². The lowest BCUT2D eigenvalue weighted by Gasteiger charge is -2.08. The van der Waals surface area contributed by atoms with Gasteiger partial charge in [-0.15, -0.1) is 0 Å². The Balaban J connectivity index is 2.43. The Bertz CT molecular complexity index is 692. The van der Waals surface area contributed by atoms with Crippen LogP contribution in [-0.2, 0) is 0 Å². The van der Waals surface area contributed by atoms with Crippen molar-refractivity contribution in [2.75, 3.05) is 0 Å². The predicted molar refractivity (Wildman–Crippen MR) is 79.7 cm³/mol. The molecule has 0 aliphatic rings. The zero-order valence-electron chi connectivity index (χ0n) is 8.90. The number of fused-ring (bicyclic) bond motifs is 2. The third-order valence-electron chi connectivity index (χ3n) is 2.91. The fraction of sp³-hybridized carbons (Fsp3) is 0. The summed E-state index contributed by atoms with van der Waals surface area (Å²) in [6.07, 6.45) is 0. The van der Waals surface area contributed by atoms with Crippen molar-refractivity contribution in [3.05, 3.63) is 54.6 Å². The average Bonchev–Trinajstić information content (AvgIpc) is 2.35. The monoisotopic (exact) mass is 278 g/mol. The molecule has 0 atom stereocenters. The maximum Gasteiger partial charge on any atom is 0.117 e. The molecular weight excluding hydrogens is 270 g/mol. The van der Waals surface area contributed by atoms with Crippen LogP contribution in [0, 0.1) is 0 Å². The van der Waals surface area contributed by atoms with Crippen molar-refractivity contribution in [3.63, 3.8) is 0 Å². The van der Waals surface area contributed by atoms with Crippen molar-refractivity contribution in [2.45, 2.75) is 0 Å². The van der Waals surface area contributed by atoms with E-state index in [9.17, 15) is 0 Å². The van der Waals surface area contributed by atoms with Crippen LogP contribution >= 0.6 is 29.1 Å².